The molecule has 1 rings (SSSR count). The van der Waals surface area contributed by atoms with Crippen LogP contribution in [0.5, 0.6) is 0 Å². The van der Waals surface area contributed by atoms with Gasteiger partial charge in [-0.3, -0.25) is 4.79 Å². The van der Waals surface area contributed by atoms with E-state index in [2.05, 4.69) is 5.16 Å². The van der Waals surface area contributed by atoms with Crippen molar-refractivity contribution in [2.45, 2.75) is 19.8 Å². The largest absolute Gasteiger partial charge is 0.409 e. The second-order valence-corrected chi connectivity index (χ2v) is 4.60. The molecule has 0 spiro atoms. The Balaban J connectivity index is 2.46. The molecule has 0 fully saturated rings. The van der Waals surface area contributed by atoms with Gasteiger partial charge in [-0.15, -0.1) is 11.3 Å². The molecule has 0 atom stereocenters. The Morgan fingerprint density at radius 2 is 2.41 bits per heavy atom. The Kier molecular flexibility index (Phi) is 5.48. The monoisotopic (exact) mass is 255 g/mol. The van der Waals surface area contributed by atoms with E-state index in [0.29, 0.717) is 25.9 Å². The minimum Gasteiger partial charge on any atom is -0.409 e. The van der Waals surface area contributed by atoms with E-state index in [1.54, 1.807) is 16.2 Å². The fraction of sp³-hybridized carbons (Fsp3) is 0.455. The number of carbonyl (C=O) groups excluding carboxylic acids is 1. The first-order chi connectivity index (χ1) is 8.17. The van der Waals surface area contributed by atoms with Crippen LogP contribution in [0.15, 0.2) is 22.7 Å². The van der Waals surface area contributed by atoms with E-state index in [-0.39, 0.29) is 11.7 Å². The van der Waals surface area contributed by atoms with Crippen molar-refractivity contribution in [3.63, 3.8) is 0 Å². The maximum absolute atomic E-state index is 11.9. The van der Waals surface area contributed by atoms with Gasteiger partial charge < -0.3 is 15.8 Å². The van der Waals surface area contributed by atoms with Gasteiger partial charge in [0.2, 0.25) is 5.91 Å². The Morgan fingerprint density at radius 3 is 2.94 bits per heavy atom. The van der Waals surface area contributed by atoms with Crippen LogP contribution in [-0.2, 0) is 11.2 Å². The molecule has 0 radical (unpaired) electrons. The van der Waals surface area contributed by atoms with Gasteiger partial charge in [0, 0.05) is 24.4 Å². The molecule has 94 valence electrons. The zero-order chi connectivity index (χ0) is 12.7. The molecule has 3 N–H and O–H groups in total. The van der Waals surface area contributed by atoms with Gasteiger partial charge in [-0.25, -0.2) is 0 Å². The summed E-state index contributed by atoms with van der Waals surface area (Å²) in [4.78, 5) is 14.7. The number of likely N-dealkylation sites (N-methyl/N-ethyl adjacent to an activating group) is 1. The second kappa shape index (κ2) is 6.90. The van der Waals surface area contributed by atoms with Crippen molar-refractivity contribution in [3.8, 4) is 0 Å². The lowest BCUT2D eigenvalue weighted by Crippen LogP contribution is -2.34. The first-order valence-electron chi connectivity index (χ1n) is 5.44. The van der Waals surface area contributed by atoms with E-state index in [9.17, 15) is 4.79 Å². The van der Waals surface area contributed by atoms with E-state index in [0.717, 1.165) is 4.88 Å². The highest BCUT2D eigenvalue weighted by molar-refractivity contribution is 7.10. The molecule has 0 aliphatic carbocycles. The Labute approximate surface area is 105 Å². The number of rotatable bonds is 6. The molecule has 1 heterocycles. The summed E-state index contributed by atoms with van der Waals surface area (Å²) in [5, 5.41) is 13.3. The predicted octanol–water partition coefficient (Wildman–Crippen LogP) is 1.28. The van der Waals surface area contributed by atoms with E-state index in [1.807, 2.05) is 24.4 Å². The third-order valence-corrected chi connectivity index (χ3v) is 3.28. The molecule has 1 aromatic heterocycles. The fourth-order valence-electron chi connectivity index (χ4n) is 1.43. The van der Waals surface area contributed by atoms with Gasteiger partial charge in [0.15, 0.2) is 0 Å². The summed E-state index contributed by atoms with van der Waals surface area (Å²) in [6.07, 6.45) is 0.808. The van der Waals surface area contributed by atoms with Crippen LogP contribution in [0.2, 0.25) is 0 Å². The van der Waals surface area contributed by atoms with Gasteiger partial charge >= 0.3 is 0 Å². The molecular weight excluding hydrogens is 238 g/mol. The number of amidine groups is 1. The van der Waals surface area contributed by atoms with Crippen LogP contribution in [0.25, 0.3) is 0 Å². The number of thiophene rings is 1. The summed E-state index contributed by atoms with van der Waals surface area (Å²) < 4.78 is 0. The second-order valence-electron chi connectivity index (χ2n) is 3.57. The van der Waals surface area contributed by atoms with Crippen molar-refractivity contribution in [3.05, 3.63) is 22.4 Å². The number of nitrogens with zero attached hydrogens (tertiary/aromatic N) is 2. The van der Waals surface area contributed by atoms with Crippen molar-refractivity contribution in [2.75, 3.05) is 13.1 Å². The van der Waals surface area contributed by atoms with Gasteiger partial charge in [0.25, 0.3) is 0 Å². The topological polar surface area (TPSA) is 78.9 Å². The molecule has 6 heteroatoms. The summed E-state index contributed by atoms with van der Waals surface area (Å²) in [7, 11) is 0. The van der Waals surface area contributed by atoms with E-state index in [1.165, 1.54) is 0 Å². The standard InChI is InChI=1S/C11H17N3O2S/c1-2-14(6-5-10(12)13-16)11(15)8-9-4-3-7-17-9/h3-4,7,16H,2,5-6,8H2,1H3,(H2,12,13). The number of amides is 1. The number of carbonyl (C=O) groups is 1. The minimum atomic E-state index is 0.0701. The van der Waals surface area contributed by atoms with E-state index >= 15 is 0 Å². The van der Waals surface area contributed by atoms with Gasteiger partial charge in [-0.1, -0.05) is 11.2 Å². The first-order valence-corrected chi connectivity index (χ1v) is 6.32. The highest BCUT2D eigenvalue weighted by Gasteiger charge is 2.13. The molecule has 0 unspecified atom stereocenters. The average molecular weight is 255 g/mol. The summed E-state index contributed by atoms with van der Waals surface area (Å²) in [6.45, 7) is 3.03. The zero-order valence-electron chi connectivity index (χ0n) is 9.80. The van der Waals surface area contributed by atoms with Crippen LogP contribution < -0.4 is 5.73 Å². The molecule has 0 aliphatic rings. The molecule has 17 heavy (non-hydrogen) atoms. The maximum atomic E-state index is 11.9. The Morgan fingerprint density at radius 1 is 1.65 bits per heavy atom. The predicted molar refractivity (Wildman–Crippen MR) is 68.3 cm³/mol. The van der Waals surface area contributed by atoms with Crippen molar-refractivity contribution in [1.29, 1.82) is 0 Å². The average Bonchev–Trinajstić information content (AvgIpc) is 2.82. The number of hydrogen-bond acceptors (Lipinski definition) is 4. The van der Waals surface area contributed by atoms with Crippen molar-refractivity contribution >= 4 is 23.1 Å². The molecule has 0 aliphatic heterocycles. The smallest absolute Gasteiger partial charge is 0.227 e. The lowest BCUT2D eigenvalue weighted by atomic mass is 10.3. The SMILES string of the molecule is CCN(CC/C(N)=N/O)C(=O)Cc1cccs1. The highest BCUT2D eigenvalue weighted by atomic mass is 32.1. The summed E-state index contributed by atoms with van der Waals surface area (Å²) in [6, 6.07) is 3.87. The molecule has 0 saturated heterocycles. The summed E-state index contributed by atoms with van der Waals surface area (Å²) >= 11 is 1.57. The molecule has 0 aromatic carbocycles. The number of hydrogen-bond donors (Lipinski definition) is 2. The third-order valence-electron chi connectivity index (χ3n) is 2.41. The summed E-state index contributed by atoms with van der Waals surface area (Å²) in [5.74, 6) is 0.216. The van der Waals surface area contributed by atoms with Gasteiger partial charge in [-0.2, -0.15) is 0 Å². The lowest BCUT2D eigenvalue weighted by molar-refractivity contribution is -0.130. The third kappa shape index (κ3) is 4.44. The Bertz CT molecular complexity index is 376. The molecular formula is C11H17N3O2S. The maximum Gasteiger partial charge on any atom is 0.227 e. The quantitative estimate of drug-likeness (QED) is 0.348. The summed E-state index contributed by atoms with van der Waals surface area (Å²) in [5.41, 5.74) is 5.38. The molecule has 5 nitrogen and oxygen atoms in total. The highest BCUT2D eigenvalue weighted by Crippen LogP contribution is 2.10. The van der Waals surface area contributed by atoms with Crippen LogP contribution in [0.1, 0.15) is 18.2 Å². The lowest BCUT2D eigenvalue weighted by Gasteiger charge is -2.20. The zero-order valence-corrected chi connectivity index (χ0v) is 10.6. The van der Waals surface area contributed by atoms with Crippen molar-refractivity contribution in [1.82, 2.24) is 4.90 Å². The first kappa shape index (κ1) is 13.5. The Hall–Kier alpha value is -1.56. The van der Waals surface area contributed by atoms with Gasteiger partial charge in [-0.05, 0) is 18.4 Å². The number of oxime groups is 1. The molecule has 1 aromatic rings. The minimum absolute atomic E-state index is 0.0701. The van der Waals surface area contributed by atoms with E-state index < -0.39 is 0 Å². The molecule has 0 bridgehead atoms. The van der Waals surface area contributed by atoms with Crippen LogP contribution in [0.3, 0.4) is 0 Å². The van der Waals surface area contributed by atoms with Crippen LogP contribution in [0.4, 0.5) is 0 Å². The van der Waals surface area contributed by atoms with Crippen molar-refractivity contribution in [2.24, 2.45) is 10.9 Å². The van der Waals surface area contributed by atoms with Crippen LogP contribution in [-0.4, -0.2) is 34.9 Å². The normalized spacial score (nSPS) is 11.5. The van der Waals surface area contributed by atoms with Crippen LogP contribution >= 0.6 is 11.3 Å². The molecule has 1 amide bonds. The van der Waals surface area contributed by atoms with E-state index in [4.69, 9.17) is 10.9 Å². The van der Waals surface area contributed by atoms with Crippen LogP contribution in [0, 0.1) is 0 Å². The fourth-order valence-corrected chi connectivity index (χ4v) is 2.13. The van der Waals surface area contributed by atoms with Gasteiger partial charge in [0.05, 0.1) is 6.42 Å². The molecule has 0 saturated carbocycles. The van der Waals surface area contributed by atoms with Crippen molar-refractivity contribution < 1.29 is 10.0 Å². The van der Waals surface area contributed by atoms with Gasteiger partial charge in [0.1, 0.15) is 5.84 Å². The number of nitrogens with two attached hydrogens (primary N) is 1.